The standard InChI is InChI=1S/C11H11N3O4S/c12-10-6-4(13-2-14-10)3(1-19-6)5-7(15)11(17)8(16)9(11)18-5/h1-2,5,7-9,15-17H,(H2,12,13,14)/t5-,7-,8?,9+,11+/m0/s1. The average molecular weight is 281 g/mol. The molecule has 100 valence electrons. The molecule has 1 aliphatic carbocycles. The van der Waals surface area contributed by atoms with Gasteiger partial charge in [-0.25, -0.2) is 9.97 Å². The molecule has 4 rings (SSSR count). The van der Waals surface area contributed by atoms with Gasteiger partial charge in [0.05, 0.1) is 10.2 Å². The van der Waals surface area contributed by atoms with Crippen molar-refractivity contribution in [2.75, 3.05) is 5.73 Å². The Labute approximate surface area is 111 Å². The van der Waals surface area contributed by atoms with Crippen LogP contribution in [0.3, 0.4) is 0 Å². The van der Waals surface area contributed by atoms with Crippen molar-refractivity contribution in [1.82, 2.24) is 9.97 Å². The van der Waals surface area contributed by atoms with Crippen molar-refractivity contribution in [2.24, 2.45) is 0 Å². The van der Waals surface area contributed by atoms with E-state index >= 15 is 0 Å². The highest BCUT2D eigenvalue weighted by molar-refractivity contribution is 7.17. The van der Waals surface area contributed by atoms with E-state index in [0.717, 1.165) is 4.70 Å². The fourth-order valence-electron chi connectivity index (χ4n) is 2.68. The number of aliphatic hydroxyl groups is 3. The Morgan fingerprint density at radius 1 is 1.32 bits per heavy atom. The van der Waals surface area contributed by atoms with Crippen molar-refractivity contribution in [2.45, 2.75) is 30.0 Å². The van der Waals surface area contributed by atoms with Crippen LogP contribution in [0.2, 0.25) is 0 Å². The summed E-state index contributed by atoms with van der Waals surface area (Å²) in [5, 5.41) is 31.4. The van der Waals surface area contributed by atoms with E-state index in [9.17, 15) is 15.3 Å². The molecule has 1 aliphatic heterocycles. The lowest BCUT2D eigenvalue weighted by atomic mass is 10.0. The van der Waals surface area contributed by atoms with Gasteiger partial charge in [-0.1, -0.05) is 0 Å². The van der Waals surface area contributed by atoms with Crippen LogP contribution in [-0.4, -0.2) is 49.2 Å². The summed E-state index contributed by atoms with van der Waals surface area (Å²) in [5.41, 5.74) is 5.47. The van der Waals surface area contributed by atoms with Gasteiger partial charge in [0.15, 0.2) is 5.60 Å². The summed E-state index contributed by atoms with van der Waals surface area (Å²) < 4.78 is 6.23. The number of thiophene rings is 1. The van der Waals surface area contributed by atoms with Crippen molar-refractivity contribution in [3.63, 3.8) is 0 Å². The zero-order chi connectivity index (χ0) is 13.4. The van der Waals surface area contributed by atoms with Crippen LogP contribution < -0.4 is 5.73 Å². The number of anilines is 1. The van der Waals surface area contributed by atoms with E-state index < -0.39 is 30.0 Å². The number of ether oxygens (including phenoxy) is 1. The number of nitrogens with zero attached hydrogens (tertiary/aromatic N) is 2. The summed E-state index contributed by atoms with van der Waals surface area (Å²) >= 11 is 1.36. The molecule has 0 spiro atoms. The van der Waals surface area contributed by atoms with E-state index in [1.807, 2.05) is 0 Å². The summed E-state index contributed by atoms with van der Waals surface area (Å²) in [7, 11) is 0. The Kier molecular flexibility index (Phi) is 2.06. The number of aromatic nitrogens is 2. The van der Waals surface area contributed by atoms with Crippen LogP contribution >= 0.6 is 11.3 Å². The van der Waals surface area contributed by atoms with Gasteiger partial charge in [-0.15, -0.1) is 11.3 Å². The molecule has 1 saturated heterocycles. The molecule has 1 saturated carbocycles. The Hall–Kier alpha value is -1.32. The summed E-state index contributed by atoms with van der Waals surface area (Å²) in [6, 6.07) is 0. The number of nitrogen functional groups attached to an aromatic ring is 1. The third-order valence-electron chi connectivity index (χ3n) is 3.88. The lowest BCUT2D eigenvalue weighted by Crippen LogP contribution is -2.34. The highest BCUT2D eigenvalue weighted by Gasteiger charge is 2.76. The van der Waals surface area contributed by atoms with Gasteiger partial charge < -0.3 is 25.8 Å². The van der Waals surface area contributed by atoms with Crippen LogP contribution in [0.15, 0.2) is 11.7 Å². The van der Waals surface area contributed by atoms with Crippen LogP contribution in [-0.2, 0) is 4.74 Å². The van der Waals surface area contributed by atoms with Gasteiger partial charge in [0.25, 0.3) is 0 Å². The van der Waals surface area contributed by atoms with Crippen molar-refractivity contribution < 1.29 is 20.1 Å². The minimum absolute atomic E-state index is 0.373. The van der Waals surface area contributed by atoms with Crippen molar-refractivity contribution in [3.05, 3.63) is 17.3 Å². The van der Waals surface area contributed by atoms with Crippen molar-refractivity contribution in [1.29, 1.82) is 0 Å². The van der Waals surface area contributed by atoms with Crippen LogP contribution in [0.1, 0.15) is 11.7 Å². The molecule has 2 aromatic rings. The fraction of sp³-hybridized carbons (Fsp3) is 0.455. The van der Waals surface area contributed by atoms with Crippen LogP contribution in [0.25, 0.3) is 10.2 Å². The maximum absolute atomic E-state index is 10.1. The number of rotatable bonds is 1. The molecule has 0 bridgehead atoms. The van der Waals surface area contributed by atoms with Gasteiger partial charge in [0, 0.05) is 5.56 Å². The number of hydrogen-bond donors (Lipinski definition) is 4. The first-order valence-corrected chi connectivity index (χ1v) is 6.64. The molecular weight excluding hydrogens is 270 g/mol. The van der Waals surface area contributed by atoms with Crippen LogP contribution in [0.5, 0.6) is 0 Å². The Bertz CT molecular complexity index is 677. The molecule has 0 amide bonds. The first-order valence-electron chi connectivity index (χ1n) is 5.76. The smallest absolute Gasteiger partial charge is 0.150 e. The van der Waals surface area contributed by atoms with E-state index in [-0.39, 0.29) is 0 Å². The number of aliphatic hydroxyl groups excluding tert-OH is 2. The lowest BCUT2D eigenvalue weighted by Gasteiger charge is -2.20. The molecule has 1 unspecified atom stereocenters. The van der Waals surface area contributed by atoms with Gasteiger partial charge in [0.2, 0.25) is 0 Å². The second kappa shape index (κ2) is 3.41. The SMILES string of the molecule is Nc1ncnc2c([C@@H]3O[C@@H]4C(O)[C@]4(O)[C@H]3O)csc12. The monoisotopic (exact) mass is 281 g/mol. The van der Waals surface area contributed by atoms with E-state index in [4.69, 9.17) is 10.5 Å². The molecule has 3 heterocycles. The topological polar surface area (TPSA) is 122 Å². The van der Waals surface area contributed by atoms with Gasteiger partial charge in [0.1, 0.15) is 36.6 Å². The first-order chi connectivity index (χ1) is 9.05. The molecule has 5 N–H and O–H groups in total. The predicted octanol–water partition coefficient (Wildman–Crippen LogP) is -0.820. The molecule has 0 aromatic carbocycles. The first kappa shape index (κ1) is 11.5. The van der Waals surface area contributed by atoms with Crippen LogP contribution in [0, 0.1) is 0 Å². The molecule has 2 aromatic heterocycles. The summed E-state index contributed by atoms with van der Waals surface area (Å²) in [6.07, 6.45) is -2.30. The van der Waals surface area contributed by atoms with Gasteiger partial charge in [-0.05, 0) is 5.38 Å². The van der Waals surface area contributed by atoms with Crippen molar-refractivity contribution in [3.8, 4) is 0 Å². The molecule has 2 aliphatic rings. The fourth-order valence-corrected chi connectivity index (χ4v) is 3.62. The normalized spacial score (nSPS) is 40.6. The van der Waals surface area contributed by atoms with Gasteiger partial charge in [-0.3, -0.25) is 0 Å². The highest BCUT2D eigenvalue weighted by atomic mass is 32.1. The zero-order valence-electron chi connectivity index (χ0n) is 9.59. The molecule has 19 heavy (non-hydrogen) atoms. The Morgan fingerprint density at radius 3 is 2.79 bits per heavy atom. The van der Waals surface area contributed by atoms with Gasteiger partial charge in [-0.2, -0.15) is 0 Å². The minimum atomic E-state index is -1.56. The lowest BCUT2D eigenvalue weighted by molar-refractivity contribution is -0.0666. The third kappa shape index (κ3) is 1.25. The zero-order valence-corrected chi connectivity index (χ0v) is 10.4. The van der Waals surface area contributed by atoms with Crippen LogP contribution in [0.4, 0.5) is 5.82 Å². The molecule has 2 fully saturated rings. The van der Waals surface area contributed by atoms with E-state index in [0.29, 0.717) is 16.9 Å². The maximum atomic E-state index is 10.1. The summed E-state index contributed by atoms with van der Waals surface area (Å²) in [5.74, 6) is 0.373. The van der Waals surface area contributed by atoms with E-state index in [1.165, 1.54) is 17.7 Å². The largest absolute Gasteiger partial charge is 0.387 e. The second-order valence-electron chi connectivity index (χ2n) is 4.88. The molecule has 8 heteroatoms. The molecular formula is C11H11N3O4S. The average Bonchev–Trinajstić information content (AvgIpc) is 2.74. The third-order valence-corrected chi connectivity index (χ3v) is 4.89. The number of fused-ring (bicyclic) bond motifs is 2. The number of nitrogens with two attached hydrogens (primary N) is 1. The Morgan fingerprint density at radius 2 is 2.11 bits per heavy atom. The molecule has 7 nitrogen and oxygen atoms in total. The maximum Gasteiger partial charge on any atom is 0.150 e. The van der Waals surface area contributed by atoms with Gasteiger partial charge >= 0.3 is 0 Å². The molecule has 0 radical (unpaired) electrons. The molecule has 5 atom stereocenters. The Balaban J connectivity index is 1.79. The minimum Gasteiger partial charge on any atom is -0.387 e. The highest BCUT2D eigenvalue weighted by Crippen LogP contribution is 2.55. The quantitative estimate of drug-likeness (QED) is 0.538. The summed E-state index contributed by atoms with van der Waals surface area (Å²) in [4.78, 5) is 8.05. The second-order valence-corrected chi connectivity index (χ2v) is 5.76. The van der Waals surface area contributed by atoms with E-state index in [1.54, 1.807) is 5.38 Å². The summed E-state index contributed by atoms with van der Waals surface area (Å²) in [6.45, 7) is 0. The van der Waals surface area contributed by atoms with Crippen molar-refractivity contribution >= 4 is 27.4 Å². The van der Waals surface area contributed by atoms with E-state index in [2.05, 4.69) is 9.97 Å². The number of hydrogen-bond acceptors (Lipinski definition) is 8. The predicted molar refractivity (Wildman–Crippen MR) is 66.4 cm³/mol.